The molecule has 0 bridgehead atoms. The van der Waals surface area contributed by atoms with Crippen molar-refractivity contribution in [2.75, 3.05) is 44.0 Å². The minimum atomic E-state index is -0.665. The van der Waals surface area contributed by atoms with Crippen molar-refractivity contribution in [2.24, 2.45) is 0 Å². The SMILES string of the molecule is COCCN1CCC(Nc2cc(C)cc(Nc3ncn(-c4cc(F)cc(F)c4)n3)c2)C1. The summed E-state index contributed by atoms with van der Waals surface area (Å²) in [4.78, 5) is 6.60. The van der Waals surface area contributed by atoms with Crippen LogP contribution in [0, 0.1) is 18.6 Å². The molecule has 1 atom stereocenters. The van der Waals surface area contributed by atoms with E-state index in [2.05, 4.69) is 31.7 Å². The number of benzene rings is 2. The Bertz CT molecular complexity index is 1020. The molecule has 1 aliphatic heterocycles. The number of halogens is 2. The standard InChI is InChI=1S/C22H26F2N6O/c1-15-7-19(26-18-3-4-29(13-18)5-6-31-2)12-20(8-15)27-22-25-14-30(28-22)21-10-16(23)9-17(24)11-21/h7-12,14,18,26H,3-6,13H2,1-2H3,(H,27,28). The molecule has 1 saturated heterocycles. The molecule has 0 saturated carbocycles. The van der Waals surface area contributed by atoms with Gasteiger partial charge in [-0.1, -0.05) is 0 Å². The van der Waals surface area contributed by atoms with Gasteiger partial charge in [-0.2, -0.15) is 4.98 Å². The molecule has 0 aliphatic carbocycles. The van der Waals surface area contributed by atoms with Gasteiger partial charge in [0.05, 0.1) is 12.3 Å². The third-order valence-corrected chi connectivity index (χ3v) is 5.19. The van der Waals surface area contributed by atoms with Gasteiger partial charge >= 0.3 is 0 Å². The molecule has 0 spiro atoms. The molecule has 0 amide bonds. The first-order valence-corrected chi connectivity index (χ1v) is 10.2. The number of rotatable bonds is 8. The normalized spacial score (nSPS) is 16.6. The van der Waals surface area contributed by atoms with E-state index in [1.54, 1.807) is 7.11 Å². The van der Waals surface area contributed by atoms with Crippen molar-refractivity contribution < 1.29 is 13.5 Å². The van der Waals surface area contributed by atoms with Crippen LogP contribution in [0.4, 0.5) is 26.1 Å². The third-order valence-electron chi connectivity index (χ3n) is 5.19. The van der Waals surface area contributed by atoms with Crippen LogP contribution >= 0.6 is 0 Å². The molecule has 7 nitrogen and oxygen atoms in total. The molecule has 4 rings (SSSR count). The summed E-state index contributed by atoms with van der Waals surface area (Å²) >= 11 is 0. The number of nitrogens with zero attached hydrogens (tertiary/aromatic N) is 4. The minimum absolute atomic E-state index is 0.268. The summed E-state index contributed by atoms with van der Waals surface area (Å²) in [6, 6.07) is 9.71. The number of nitrogens with one attached hydrogen (secondary N) is 2. The van der Waals surface area contributed by atoms with E-state index in [0.717, 1.165) is 55.7 Å². The molecule has 9 heteroatoms. The van der Waals surface area contributed by atoms with Crippen LogP contribution in [0.5, 0.6) is 0 Å². The second kappa shape index (κ2) is 9.40. The Morgan fingerprint density at radius 1 is 1.10 bits per heavy atom. The van der Waals surface area contributed by atoms with Crippen LogP contribution in [0.2, 0.25) is 0 Å². The molecule has 2 aromatic carbocycles. The van der Waals surface area contributed by atoms with E-state index < -0.39 is 11.6 Å². The number of methoxy groups -OCH3 is 1. The Balaban J connectivity index is 1.43. The predicted octanol–water partition coefficient (Wildman–Crippen LogP) is 3.73. The summed E-state index contributed by atoms with van der Waals surface area (Å²) in [5.41, 5.74) is 3.21. The van der Waals surface area contributed by atoms with Gasteiger partial charge in [0.15, 0.2) is 0 Å². The lowest BCUT2D eigenvalue weighted by atomic mass is 10.1. The van der Waals surface area contributed by atoms with Gasteiger partial charge in [0.25, 0.3) is 0 Å². The van der Waals surface area contributed by atoms with E-state index in [-0.39, 0.29) is 5.69 Å². The van der Waals surface area contributed by atoms with Gasteiger partial charge in [0.2, 0.25) is 5.95 Å². The monoisotopic (exact) mass is 428 g/mol. The summed E-state index contributed by atoms with van der Waals surface area (Å²) < 4.78 is 33.4. The first-order chi connectivity index (χ1) is 15.0. The van der Waals surface area contributed by atoms with Crippen molar-refractivity contribution in [2.45, 2.75) is 19.4 Å². The summed E-state index contributed by atoms with van der Waals surface area (Å²) in [6.45, 7) is 5.75. The maximum absolute atomic E-state index is 13.5. The zero-order chi connectivity index (χ0) is 21.8. The third kappa shape index (κ3) is 5.56. The highest BCUT2D eigenvalue weighted by atomic mass is 19.1. The van der Waals surface area contributed by atoms with Crippen molar-refractivity contribution >= 4 is 17.3 Å². The second-order valence-electron chi connectivity index (χ2n) is 7.78. The highest BCUT2D eigenvalue weighted by Crippen LogP contribution is 2.24. The van der Waals surface area contributed by atoms with Crippen molar-refractivity contribution in [3.63, 3.8) is 0 Å². The average molecular weight is 428 g/mol. The molecule has 0 radical (unpaired) electrons. The fourth-order valence-corrected chi connectivity index (χ4v) is 3.79. The Hall–Kier alpha value is -3.04. The highest BCUT2D eigenvalue weighted by Gasteiger charge is 2.22. The van der Waals surface area contributed by atoms with Crippen LogP contribution in [0.25, 0.3) is 5.69 Å². The quantitative estimate of drug-likeness (QED) is 0.570. The summed E-state index contributed by atoms with van der Waals surface area (Å²) in [5, 5.41) is 11.1. The molecule has 2 N–H and O–H groups in total. The van der Waals surface area contributed by atoms with Crippen molar-refractivity contribution in [1.29, 1.82) is 0 Å². The minimum Gasteiger partial charge on any atom is -0.383 e. The molecule has 1 fully saturated rings. The second-order valence-corrected chi connectivity index (χ2v) is 7.78. The number of anilines is 3. The number of hydrogen-bond donors (Lipinski definition) is 2. The number of ether oxygens (including phenoxy) is 1. The Labute approximate surface area is 180 Å². The number of aromatic nitrogens is 3. The molecule has 31 heavy (non-hydrogen) atoms. The fourth-order valence-electron chi connectivity index (χ4n) is 3.79. The zero-order valence-electron chi connectivity index (χ0n) is 17.6. The van der Waals surface area contributed by atoms with E-state index >= 15 is 0 Å². The van der Waals surface area contributed by atoms with E-state index in [1.165, 1.54) is 23.1 Å². The maximum atomic E-state index is 13.5. The molecular weight excluding hydrogens is 402 g/mol. The zero-order valence-corrected chi connectivity index (χ0v) is 17.6. The Morgan fingerprint density at radius 2 is 1.87 bits per heavy atom. The fraction of sp³-hybridized carbons (Fsp3) is 0.364. The smallest absolute Gasteiger partial charge is 0.246 e. The van der Waals surface area contributed by atoms with Gasteiger partial charge < -0.3 is 15.4 Å². The number of likely N-dealkylation sites (tertiary alicyclic amines) is 1. The molecule has 1 aliphatic rings. The lowest BCUT2D eigenvalue weighted by Crippen LogP contribution is -2.28. The van der Waals surface area contributed by atoms with E-state index in [0.29, 0.717) is 12.0 Å². The van der Waals surface area contributed by atoms with Gasteiger partial charge in [-0.3, -0.25) is 4.90 Å². The molecule has 1 unspecified atom stereocenters. The molecule has 3 aromatic rings. The van der Waals surface area contributed by atoms with Crippen molar-refractivity contribution in [3.8, 4) is 5.69 Å². The van der Waals surface area contributed by atoms with Crippen LogP contribution in [0.3, 0.4) is 0 Å². The van der Waals surface area contributed by atoms with Crippen LogP contribution in [0.15, 0.2) is 42.7 Å². The van der Waals surface area contributed by atoms with Crippen LogP contribution in [0.1, 0.15) is 12.0 Å². The van der Waals surface area contributed by atoms with E-state index in [9.17, 15) is 8.78 Å². The van der Waals surface area contributed by atoms with E-state index in [4.69, 9.17) is 4.74 Å². The first kappa shape index (κ1) is 21.2. The largest absolute Gasteiger partial charge is 0.383 e. The molecule has 1 aromatic heterocycles. The van der Waals surface area contributed by atoms with E-state index in [1.807, 2.05) is 19.1 Å². The molecule has 2 heterocycles. The average Bonchev–Trinajstić information content (AvgIpc) is 3.35. The van der Waals surface area contributed by atoms with Crippen molar-refractivity contribution in [3.05, 3.63) is 59.9 Å². The van der Waals surface area contributed by atoms with Crippen molar-refractivity contribution in [1.82, 2.24) is 19.7 Å². The van der Waals surface area contributed by atoms with Gasteiger partial charge in [0, 0.05) is 50.2 Å². The predicted molar refractivity (Wildman–Crippen MR) is 116 cm³/mol. The maximum Gasteiger partial charge on any atom is 0.246 e. The topological polar surface area (TPSA) is 67.2 Å². The van der Waals surface area contributed by atoms with Gasteiger partial charge in [-0.25, -0.2) is 13.5 Å². The number of aryl methyl sites for hydroxylation is 1. The van der Waals surface area contributed by atoms with Gasteiger partial charge in [-0.15, -0.1) is 5.10 Å². The Morgan fingerprint density at radius 3 is 2.65 bits per heavy atom. The molecular formula is C22H26F2N6O. The van der Waals surface area contributed by atoms with Crippen LogP contribution in [-0.2, 0) is 4.74 Å². The highest BCUT2D eigenvalue weighted by molar-refractivity contribution is 5.63. The summed E-state index contributed by atoms with van der Waals surface area (Å²) in [6.07, 6.45) is 2.50. The van der Waals surface area contributed by atoms with Crippen LogP contribution < -0.4 is 10.6 Å². The van der Waals surface area contributed by atoms with Gasteiger partial charge in [-0.05, 0) is 49.2 Å². The summed E-state index contributed by atoms with van der Waals surface area (Å²) in [5.74, 6) is -0.989. The first-order valence-electron chi connectivity index (χ1n) is 10.2. The lowest BCUT2D eigenvalue weighted by Gasteiger charge is -2.18. The number of hydrogen-bond acceptors (Lipinski definition) is 6. The summed E-state index contributed by atoms with van der Waals surface area (Å²) in [7, 11) is 1.72. The van der Waals surface area contributed by atoms with Gasteiger partial charge in [0.1, 0.15) is 18.0 Å². The molecule has 164 valence electrons. The lowest BCUT2D eigenvalue weighted by molar-refractivity contribution is 0.160. The van der Waals surface area contributed by atoms with Crippen LogP contribution in [-0.4, -0.2) is 59.1 Å². The Kier molecular flexibility index (Phi) is 6.43.